The first-order valence-corrected chi connectivity index (χ1v) is 7.92. The summed E-state index contributed by atoms with van der Waals surface area (Å²) in [7, 11) is 1.55. The molecule has 2 aromatic carbocycles. The van der Waals surface area contributed by atoms with Crippen LogP contribution in [0.3, 0.4) is 0 Å². The molecule has 1 N–H and O–H groups in total. The van der Waals surface area contributed by atoms with Gasteiger partial charge in [0.05, 0.1) is 23.9 Å². The molecule has 0 spiro atoms. The predicted molar refractivity (Wildman–Crippen MR) is 95.1 cm³/mol. The van der Waals surface area contributed by atoms with Crippen molar-refractivity contribution in [2.45, 2.75) is 13.3 Å². The highest BCUT2D eigenvalue weighted by Crippen LogP contribution is 2.33. The number of carboxylic acid groups (broad SMARTS) is 1. The number of methoxy groups -OCH3 is 1. The summed E-state index contributed by atoms with van der Waals surface area (Å²) in [6, 6.07) is 12.4. The molecule has 0 amide bonds. The van der Waals surface area contributed by atoms with Crippen molar-refractivity contribution in [2.24, 2.45) is 0 Å². The van der Waals surface area contributed by atoms with Crippen LogP contribution in [0.25, 0.3) is 22.2 Å². The molecule has 122 valence electrons. The standard InChI is InChI=1S/C19H16ClNO3/c1-3-11-4-6-16-13(8-11)14(19(22)23)10-17(21-16)15-9-12(20)5-7-18(15)24-2/h4-10H,3H2,1-2H3,(H,22,23). The van der Waals surface area contributed by atoms with Gasteiger partial charge in [-0.2, -0.15) is 0 Å². The second-order valence-electron chi connectivity index (χ2n) is 5.41. The number of aryl methyl sites for hydroxylation is 1. The summed E-state index contributed by atoms with van der Waals surface area (Å²) in [5.41, 5.74) is 3.09. The van der Waals surface area contributed by atoms with Crippen LogP contribution in [-0.4, -0.2) is 23.2 Å². The fourth-order valence-electron chi connectivity index (χ4n) is 2.69. The molecule has 3 rings (SSSR count). The Bertz CT molecular complexity index is 937. The van der Waals surface area contributed by atoms with Crippen LogP contribution in [0.4, 0.5) is 0 Å². The molecule has 3 aromatic rings. The van der Waals surface area contributed by atoms with Crippen molar-refractivity contribution < 1.29 is 14.6 Å². The van der Waals surface area contributed by atoms with Crippen molar-refractivity contribution in [2.75, 3.05) is 7.11 Å². The quantitative estimate of drug-likeness (QED) is 0.738. The number of aromatic carboxylic acids is 1. The highest BCUT2D eigenvalue weighted by molar-refractivity contribution is 6.31. The maximum Gasteiger partial charge on any atom is 0.336 e. The Morgan fingerprint density at radius 1 is 1.21 bits per heavy atom. The van der Waals surface area contributed by atoms with Gasteiger partial charge in [-0.3, -0.25) is 0 Å². The minimum Gasteiger partial charge on any atom is -0.496 e. The van der Waals surface area contributed by atoms with E-state index in [1.54, 1.807) is 31.4 Å². The van der Waals surface area contributed by atoms with Gasteiger partial charge in [-0.15, -0.1) is 0 Å². The van der Waals surface area contributed by atoms with Crippen LogP contribution in [-0.2, 0) is 6.42 Å². The number of hydrogen-bond donors (Lipinski definition) is 1. The van der Waals surface area contributed by atoms with E-state index in [-0.39, 0.29) is 5.56 Å². The predicted octanol–water partition coefficient (Wildman–Crippen LogP) is 4.82. The molecule has 0 aliphatic rings. The van der Waals surface area contributed by atoms with Gasteiger partial charge in [0.1, 0.15) is 5.75 Å². The van der Waals surface area contributed by atoms with Crippen molar-refractivity contribution in [3.8, 4) is 17.0 Å². The molecule has 0 aliphatic heterocycles. The first-order chi connectivity index (χ1) is 11.5. The maximum absolute atomic E-state index is 11.7. The smallest absolute Gasteiger partial charge is 0.336 e. The summed E-state index contributed by atoms with van der Waals surface area (Å²) in [5, 5.41) is 10.8. The lowest BCUT2D eigenvalue weighted by Crippen LogP contribution is -2.01. The number of benzene rings is 2. The molecule has 0 radical (unpaired) electrons. The fraction of sp³-hybridized carbons (Fsp3) is 0.158. The molecular weight excluding hydrogens is 326 g/mol. The molecule has 1 aromatic heterocycles. The Balaban J connectivity index is 2.31. The average molecular weight is 342 g/mol. The zero-order valence-corrected chi connectivity index (χ0v) is 14.1. The van der Waals surface area contributed by atoms with E-state index in [9.17, 15) is 9.90 Å². The van der Waals surface area contributed by atoms with Crippen molar-refractivity contribution in [3.63, 3.8) is 0 Å². The Labute approximate surface area is 144 Å². The zero-order chi connectivity index (χ0) is 17.3. The van der Waals surface area contributed by atoms with Crippen LogP contribution in [0.15, 0.2) is 42.5 Å². The van der Waals surface area contributed by atoms with Crippen LogP contribution in [0.1, 0.15) is 22.8 Å². The molecule has 0 bridgehead atoms. The van der Waals surface area contributed by atoms with Gasteiger partial charge in [0.15, 0.2) is 0 Å². The Kier molecular flexibility index (Phi) is 4.40. The van der Waals surface area contributed by atoms with Gasteiger partial charge in [0, 0.05) is 16.0 Å². The molecule has 1 heterocycles. The highest BCUT2D eigenvalue weighted by atomic mass is 35.5. The molecule has 0 aliphatic carbocycles. The van der Waals surface area contributed by atoms with Gasteiger partial charge in [0.2, 0.25) is 0 Å². The van der Waals surface area contributed by atoms with E-state index in [0.29, 0.717) is 32.9 Å². The van der Waals surface area contributed by atoms with E-state index >= 15 is 0 Å². The number of aromatic nitrogens is 1. The van der Waals surface area contributed by atoms with Crippen molar-refractivity contribution in [3.05, 3.63) is 58.6 Å². The number of rotatable bonds is 4. The summed E-state index contributed by atoms with van der Waals surface area (Å²) in [5.74, 6) is -0.398. The first-order valence-electron chi connectivity index (χ1n) is 7.54. The van der Waals surface area contributed by atoms with Crippen molar-refractivity contribution in [1.29, 1.82) is 0 Å². The minimum absolute atomic E-state index is 0.215. The Morgan fingerprint density at radius 3 is 2.67 bits per heavy atom. The normalized spacial score (nSPS) is 10.8. The lowest BCUT2D eigenvalue weighted by molar-refractivity contribution is 0.0699. The Hall–Kier alpha value is -2.59. The second kappa shape index (κ2) is 6.49. The van der Waals surface area contributed by atoms with Crippen LogP contribution in [0, 0.1) is 0 Å². The molecule has 0 atom stereocenters. The van der Waals surface area contributed by atoms with Crippen LogP contribution < -0.4 is 4.74 Å². The molecule has 0 saturated carbocycles. The molecule has 0 unspecified atom stereocenters. The van der Waals surface area contributed by atoms with Crippen molar-refractivity contribution >= 4 is 28.5 Å². The Morgan fingerprint density at radius 2 is 2.00 bits per heavy atom. The summed E-state index contributed by atoms with van der Waals surface area (Å²) in [6.45, 7) is 2.03. The van der Waals surface area contributed by atoms with Gasteiger partial charge < -0.3 is 9.84 Å². The lowest BCUT2D eigenvalue weighted by atomic mass is 10.0. The minimum atomic E-state index is -0.988. The highest BCUT2D eigenvalue weighted by Gasteiger charge is 2.16. The van der Waals surface area contributed by atoms with E-state index in [0.717, 1.165) is 12.0 Å². The van der Waals surface area contributed by atoms with Gasteiger partial charge in [0.25, 0.3) is 0 Å². The van der Waals surface area contributed by atoms with E-state index in [1.807, 2.05) is 25.1 Å². The van der Waals surface area contributed by atoms with E-state index < -0.39 is 5.97 Å². The van der Waals surface area contributed by atoms with Crippen LogP contribution in [0.5, 0.6) is 5.75 Å². The number of hydrogen-bond acceptors (Lipinski definition) is 3. The number of ether oxygens (including phenoxy) is 1. The molecule has 24 heavy (non-hydrogen) atoms. The van der Waals surface area contributed by atoms with E-state index in [1.165, 1.54) is 0 Å². The van der Waals surface area contributed by atoms with E-state index in [4.69, 9.17) is 16.3 Å². The second-order valence-corrected chi connectivity index (χ2v) is 5.85. The lowest BCUT2D eigenvalue weighted by Gasteiger charge is -2.11. The summed E-state index contributed by atoms with van der Waals surface area (Å²) < 4.78 is 5.36. The van der Waals surface area contributed by atoms with Gasteiger partial charge in [-0.05, 0) is 48.4 Å². The summed E-state index contributed by atoms with van der Waals surface area (Å²) >= 11 is 6.08. The SMILES string of the molecule is CCc1ccc2nc(-c3cc(Cl)ccc3OC)cc(C(=O)O)c2c1. The van der Waals surface area contributed by atoms with Crippen molar-refractivity contribution in [1.82, 2.24) is 4.98 Å². The third-order valence-electron chi connectivity index (χ3n) is 3.95. The van der Waals surface area contributed by atoms with Crippen LogP contribution >= 0.6 is 11.6 Å². The molecule has 0 saturated heterocycles. The number of halogens is 1. The number of fused-ring (bicyclic) bond motifs is 1. The molecule has 0 fully saturated rings. The topological polar surface area (TPSA) is 59.4 Å². The third-order valence-corrected chi connectivity index (χ3v) is 4.18. The van der Waals surface area contributed by atoms with Gasteiger partial charge in [-0.25, -0.2) is 9.78 Å². The number of nitrogens with zero attached hydrogens (tertiary/aromatic N) is 1. The number of pyridine rings is 1. The van der Waals surface area contributed by atoms with Crippen LogP contribution in [0.2, 0.25) is 5.02 Å². The molecular formula is C19H16ClNO3. The maximum atomic E-state index is 11.7. The molecule has 5 heteroatoms. The largest absolute Gasteiger partial charge is 0.496 e. The molecule has 4 nitrogen and oxygen atoms in total. The number of carboxylic acids is 1. The summed E-state index contributed by atoms with van der Waals surface area (Å²) in [4.78, 5) is 16.3. The monoisotopic (exact) mass is 341 g/mol. The van der Waals surface area contributed by atoms with E-state index in [2.05, 4.69) is 4.98 Å². The third kappa shape index (κ3) is 2.93. The zero-order valence-electron chi connectivity index (χ0n) is 13.3. The average Bonchev–Trinajstić information content (AvgIpc) is 2.60. The number of carbonyl (C=O) groups is 1. The first kappa shape index (κ1) is 16.3. The van der Waals surface area contributed by atoms with Gasteiger partial charge >= 0.3 is 5.97 Å². The summed E-state index contributed by atoms with van der Waals surface area (Å²) in [6.07, 6.45) is 0.832. The fourth-order valence-corrected chi connectivity index (χ4v) is 2.86. The van der Waals surface area contributed by atoms with Gasteiger partial charge in [-0.1, -0.05) is 24.6 Å².